The van der Waals surface area contributed by atoms with Gasteiger partial charge in [-0.05, 0) is 107 Å². The third kappa shape index (κ3) is 5.21. The Morgan fingerprint density at radius 3 is 2.08 bits per heavy atom. The maximum atomic E-state index is 4.38. The molecule has 3 heterocycles. The van der Waals surface area contributed by atoms with E-state index in [2.05, 4.69) is 211 Å². The number of hydrogen-bond donors (Lipinski definition) is 2. The second-order valence-electron chi connectivity index (χ2n) is 20.7. The Labute approximate surface area is 387 Å². The third-order valence-corrected chi connectivity index (χ3v) is 16.6. The van der Waals surface area contributed by atoms with Crippen LogP contribution in [0.2, 0.25) is 0 Å². The van der Waals surface area contributed by atoms with Crippen LogP contribution in [-0.4, -0.2) is 15.2 Å². The summed E-state index contributed by atoms with van der Waals surface area (Å²) in [6.07, 6.45) is 19.4. The van der Waals surface area contributed by atoms with Gasteiger partial charge in [0.1, 0.15) is 0 Å². The van der Waals surface area contributed by atoms with Crippen LogP contribution in [0.4, 0.5) is 0 Å². The highest BCUT2D eigenvalue weighted by molar-refractivity contribution is 6.20. The summed E-state index contributed by atoms with van der Waals surface area (Å²) in [5.74, 6) is 0.427. The van der Waals surface area contributed by atoms with Crippen LogP contribution in [0.25, 0.3) is 66.1 Å². The maximum Gasteiger partial charge on any atom is 0.0780 e. The Hall–Kier alpha value is -7.04. The molecule has 0 saturated carbocycles. The van der Waals surface area contributed by atoms with E-state index in [0.29, 0.717) is 5.92 Å². The number of nitrogens with zero attached hydrogens (tertiary/aromatic N) is 2. The average Bonchev–Trinajstić information content (AvgIpc) is 4.01. The number of piperazine rings is 1. The molecule has 6 aliphatic rings. The Kier molecular flexibility index (Phi) is 7.97. The zero-order valence-corrected chi connectivity index (χ0v) is 38.3. The molecule has 2 N–H and O–H groups in total. The molecule has 6 aromatic carbocycles. The van der Waals surface area contributed by atoms with Crippen molar-refractivity contribution in [2.75, 3.05) is 0 Å². The highest BCUT2D eigenvalue weighted by Gasteiger charge is 2.45. The third-order valence-electron chi connectivity index (χ3n) is 16.6. The average molecular weight is 855 g/mol. The van der Waals surface area contributed by atoms with Crippen molar-refractivity contribution in [3.63, 3.8) is 0 Å². The van der Waals surface area contributed by atoms with Crippen molar-refractivity contribution in [2.24, 2.45) is 0 Å². The van der Waals surface area contributed by atoms with Crippen LogP contribution in [0, 0.1) is 0 Å². The van der Waals surface area contributed by atoms with Crippen LogP contribution >= 0.6 is 0 Å². The van der Waals surface area contributed by atoms with Crippen molar-refractivity contribution in [3.05, 3.63) is 214 Å². The summed E-state index contributed by atoms with van der Waals surface area (Å²) < 4.78 is 5.15. The van der Waals surface area contributed by atoms with Gasteiger partial charge < -0.3 is 19.8 Å². The molecule has 66 heavy (non-hydrogen) atoms. The van der Waals surface area contributed by atoms with Gasteiger partial charge in [0.2, 0.25) is 0 Å². The van der Waals surface area contributed by atoms with E-state index in [1.54, 1.807) is 5.57 Å². The fourth-order valence-corrected chi connectivity index (χ4v) is 13.4. The highest BCUT2D eigenvalue weighted by Crippen LogP contribution is 2.55. The second-order valence-corrected chi connectivity index (χ2v) is 20.7. The van der Waals surface area contributed by atoms with Crippen molar-refractivity contribution in [1.29, 1.82) is 0 Å². The van der Waals surface area contributed by atoms with Crippen molar-refractivity contribution >= 4 is 55.0 Å². The van der Waals surface area contributed by atoms with E-state index < -0.39 is 0 Å². The molecule has 4 heteroatoms. The summed E-state index contributed by atoms with van der Waals surface area (Å²) in [6, 6.07) is 48.6. The van der Waals surface area contributed by atoms with Gasteiger partial charge in [-0.2, -0.15) is 0 Å². The van der Waals surface area contributed by atoms with Gasteiger partial charge in [0, 0.05) is 49.7 Å². The molecule has 0 radical (unpaired) electrons. The van der Waals surface area contributed by atoms with E-state index in [0.717, 1.165) is 32.1 Å². The molecular weight excluding hydrogens is 801 g/mol. The van der Waals surface area contributed by atoms with E-state index >= 15 is 0 Å². The van der Waals surface area contributed by atoms with Gasteiger partial charge >= 0.3 is 0 Å². The normalized spacial score (nSPS) is 22.2. The SMILES string of the molecule is CC1(C)C2=CC(C3NC4=CCCC(n5c6ccccc6c6cc7c8ccccc8n(C8=CC=CCC8)c7cc65)=C4NC3c3ccc4c(c3)C(C)(C)c3ccccc3-4)=CCC2c2ccccc21. The molecule has 2 aromatic heterocycles. The van der Waals surface area contributed by atoms with Crippen molar-refractivity contribution in [3.8, 4) is 11.1 Å². The smallest absolute Gasteiger partial charge is 0.0780 e. The van der Waals surface area contributed by atoms with Gasteiger partial charge in [-0.3, -0.25) is 0 Å². The minimum Gasteiger partial charge on any atom is -0.374 e. The van der Waals surface area contributed by atoms with Gasteiger partial charge in [-0.25, -0.2) is 0 Å². The molecule has 322 valence electrons. The zero-order chi connectivity index (χ0) is 44.1. The van der Waals surface area contributed by atoms with Crippen molar-refractivity contribution in [1.82, 2.24) is 19.8 Å². The number of para-hydroxylation sites is 2. The Morgan fingerprint density at radius 2 is 1.27 bits per heavy atom. The van der Waals surface area contributed by atoms with Crippen molar-refractivity contribution in [2.45, 2.75) is 88.6 Å². The minimum atomic E-state index is -0.0977. The maximum absolute atomic E-state index is 4.38. The molecule has 0 bridgehead atoms. The van der Waals surface area contributed by atoms with Crippen LogP contribution in [0.15, 0.2) is 186 Å². The number of hydrogen-bond acceptors (Lipinski definition) is 2. The van der Waals surface area contributed by atoms with Crippen LogP contribution in [0.5, 0.6) is 0 Å². The molecular formula is C62H54N4. The molecule has 3 unspecified atom stereocenters. The molecule has 1 aliphatic heterocycles. The first kappa shape index (κ1) is 38.3. The Balaban J connectivity index is 0.968. The molecule has 8 aromatic rings. The van der Waals surface area contributed by atoms with E-state index in [9.17, 15) is 0 Å². The van der Waals surface area contributed by atoms with Gasteiger partial charge in [0.25, 0.3) is 0 Å². The largest absolute Gasteiger partial charge is 0.374 e. The summed E-state index contributed by atoms with van der Waals surface area (Å²) in [7, 11) is 0. The predicted molar refractivity (Wildman–Crippen MR) is 275 cm³/mol. The molecule has 3 atom stereocenters. The zero-order valence-electron chi connectivity index (χ0n) is 38.3. The predicted octanol–water partition coefficient (Wildman–Crippen LogP) is 14.9. The lowest BCUT2D eigenvalue weighted by Gasteiger charge is -2.42. The van der Waals surface area contributed by atoms with Crippen molar-refractivity contribution < 1.29 is 0 Å². The lowest BCUT2D eigenvalue weighted by molar-refractivity contribution is 0.429. The minimum absolute atomic E-state index is 0.0183. The number of benzene rings is 6. The quantitative estimate of drug-likeness (QED) is 0.185. The molecule has 1 fully saturated rings. The van der Waals surface area contributed by atoms with Crippen LogP contribution in [0.3, 0.4) is 0 Å². The summed E-state index contributed by atoms with van der Waals surface area (Å²) in [4.78, 5) is 0. The second kappa shape index (κ2) is 13.7. The first-order valence-electron chi connectivity index (χ1n) is 24.3. The van der Waals surface area contributed by atoms with Gasteiger partial charge in [-0.15, -0.1) is 0 Å². The molecule has 0 amide bonds. The van der Waals surface area contributed by atoms with Crippen LogP contribution < -0.4 is 10.6 Å². The lowest BCUT2D eigenvalue weighted by Crippen LogP contribution is -2.50. The van der Waals surface area contributed by atoms with E-state index in [4.69, 9.17) is 0 Å². The van der Waals surface area contributed by atoms with Gasteiger partial charge in [-0.1, -0.05) is 167 Å². The summed E-state index contributed by atoms with van der Waals surface area (Å²) in [5.41, 5.74) is 22.8. The van der Waals surface area contributed by atoms with Gasteiger partial charge in [0.05, 0.1) is 45.5 Å². The first-order chi connectivity index (χ1) is 32.3. The topological polar surface area (TPSA) is 33.9 Å². The summed E-state index contributed by atoms with van der Waals surface area (Å²) >= 11 is 0. The number of nitrogens with one attached hydrogen (secondary N) is 2. The monoisotopic (exact) mass is 854 g/mol. The van der Waals surface area contributed by atoms with E-state index in [1.807, 2.05) is 0 Å². The summed E-state index contributed by atoms with van der Waals surface area (Å²) in [5, 5.41) is 13.9. The number of aromatic nitrogens is 2. The Bertz CT molecular complexity index is 3640. The standard InChI is InChI=1S/C62H54N4/c1-61(2)48-23-12-8-19-40(48)42-31-29-37(33-50(42)61)58-59(38-30-32-43-41-20-9-13-24-49(41)62(3,4)51(43)34-38)64-60-52(63-58)25-16-28-55(60)66-54-27-15-11-22-45(54)47-35-46-44-21-10-14-26-53(44)65(56(46)36-57(47)66)39-17-6-5-7-18-39/h5-6,8-15,17,19-27,29-30,32-36,42,58-59,63-64H,7,16,18,28,31H2,1-4H3. The lowest BCUT2D eigenvalue weighted by atomic mass is 9.75. The van der Waals surface area contributed by atoms with Crippen LogP contribution in [-0.2, 0) is 10.8 Å². The fraction of sp³-hybridized carbons (Fsp3) is 0.226. The van der Waals surface area contributed by atoms with E-state index in [1.165, 1.54) is 111 Å². The molecule has 1 saturated heterocycles. The van der Waals surface area contributed by atoms with E-state index in [-0.39, 0.29) is 22.9 Å². The molecule has 14 rings (SSSR count). The molecule has 5 aliphatic carbocycles. The molecule has 4 nitrogen and oxygen atoms in total. The number of rotatable bonds is 4. The highest BCUT2D eigenvalue weighted by atomic mass is 15.2. The van der Waals surface area contributed by atoms with Crippen LogP contribution in [0.1, 0.15) is 99.6 Å². The Morgan fingerprint density at radius 1 is 0.561 bits per heavy atom. The fourth-order valence-electron chi connectivity index (χ4n) is 13.4. The van der Waals surface area contributed by atoms with Gasteiger partial charge in [0.15, 0.2) is 0 Å². The first-order valence-corrected chi connectivity index (χ1v) is 24.3. The number of fused-ring (bicyclic) bond motifs is 13. The number of allylic oxidation sites excluding steroid dienone is 8. The summed E-state index contributed by atoms with van der Waals surface area (Å²) in [6.45, 7) is 9.68. The molecule has 0 spiro atoms.